The standard InChI is InChI=1S/C28H29N3O4S/c1-3-9-25(35-20-15-14-19-16-17-30-27(29)23(19)18-20)28(32)31-24-12-7-5-10-21(24)22-11-6-8-13-26(22)36(33,34)4-2/h5-8,10-18,25H,3-4,9H2,1-2H3,(H2,29,30)(H,31,32). The quantitative estimate of drug-likeness (QED) is 0.314. The van der Waals surface area contributed by atoms with E-state index in [4.69, 9.17) is 10.5 Å². The number of fused-ring (bicyclic) bond motifs is 1. The number of amides is 1. The Balaban J connectivity index is 1.64. The van der Waals surface area contributed by atoms with Crippen LogP contribution in [0, 0.1) is 0 Å². The highest BCUT2D eigenvalue weighted by atomic mass is 32.2. The number of nitrogens with two attached hydrogens (primary N) is 1. The third kappa shape index (κ3) is 5.33. The molecule has 3 N–H and O–H groups in total. The van der Waals surface area contributed by atoms with Gasteiger partial charge in [-0.2, -0.15) is 0 Å². The van der Waals surface area contributed by atoms with Crippen LogP contribution in [-0.2, 0) is 14.6 Å². The highest BCUT2D eigenvalue weighted by Gasteiger charge is 2.23. The van der Waals surface area contributed by atoms with Crippen molar-refractivity contribution in [2.45, 2.75) is 37.7 Å². The van der Waals surface area contributed by atoms with E-state index in [-0.39, 0.29) is 16.6 Å². The second-order valence-electron chi connectivity index (χ2n) is 8.41. The summed E-state index contributed by atoms with van der Waals surface area (Å²) >= 11 is 0. The first kappa shape index (κ1) is 25.2. The summed E-state index contributed by atoms with van der Waals surface area (Å²) in [4.78, 5) is 17.7. The fourth-order valence-corrected chi connectivity index (χ4v) is 5.18. The molecule has 1 aromatic heterocycles. The number of sulfone groups is 1. The van der Waals surface area contributed by atoms with E-state index in [9.17, 15) is 13.2 Å². The maximum atomic E-state index is 13.4. The average molecular weight is 504 g/mol. The van der Waals surface area contributed by atoms with Gasteiger partial charge in [-0.25, -0.2) is 13.4 Å². The number of anilines is 2. The number of carbonyl (C=O) groups excluding carboxylic acids is 1. The summed E-state index contributed by atoms with van der Waals surface area (Å²) < 4.78 is 31.5. The molecule has 0 bridgehead atoms. The summed E-state index contributed by atoms with van der Waals surface area (Å²) in [6, 6.07) is 21.3. The van der Waals surface area contributed by atoms with Gasteiger partial charge in [-0.3, -0.25) is 4.79 Å². The first-order valence-corrected chi connectivity index (χ1v) is 13.5. The van der Waals surface area contributed by atoms with Gasteiger partial charge < -0.3 is 15.8 Å². The highest BCUT2D eigenvalue weighted by molar-refractivity contribution is 7.91. The van der Waals surface area contributed by atoms with E-state index in [1.807, 2.05) is 25.1 Å². The molecule has 0 aliphatic heterocycles. The van der Waals surface area contributed by atoms with Crippen molar-refractivity contribution in [3.8, 4) is 16.9 Å². The van der Waals surface area contributed by atoms with Crippen LogP contribution < -0.4 is 15.8 Å². The molecule has 1 unspecified atom stereocenters. The van der Waals surface area contributed by atoms with Crippen LogP contribution in [0.25, 0.3) is 21.9 Å². The molecule has 4 aromatic rings. The monoisotopic (exact) mass is 503 g/mol. The number of benzene rings is 3. The van der Waals surface area contributed by atoms with Crippen LogP contribution in [0.2, 0.25) is 0 Å². The van der Waals surface area contributed by atoms with Gasteiger partial charge in [0.2, 0.25) is 0 Å². The van der Waals surface area contributed by atoms with Crippen molar-refractivity contribution in [3.63, 3.8) is 0 Å². The molecule has 0 aliphatic carbocycles. The number of ether oxygens (including phenoxy) is 1. The summed E-state index contributed by atoms with van der Waals surface area (Å²) in [6.45, 7) is 3.59. The van der Waals surface area contributed by atoms with E-state index in [1.165, 1.54) is 0 Å². The number of aromatic nitrogens is 1. The van der Waals surface area contributed by atoms with Crippen molar-refractivity contribution >= 4 is 38.0 Å². The molecule has 7 nitrogen and oxygen atoms in total. The molecule has 1 atom stereocenters. The fourth-order valence-electron chi connectivity index (χ4n) is 4.07. The summed E-state index contributed by atoms with van der Waals surface area (Å²) in [5.74, 6) is 0.573. The smallest absolute Gasteiger partial charge is 0.265 e. The summed E-state index contributed by atoms with van der Waals surface area (Å²) in [5, 5.41) is 4.65. The van der Waals surface area contributed by atoms with Crippen LogP contribution in [-0.4, -0.2) is 31.2 Å². The van der Waals surface area contributed by atoms with Crippen LogP contribution >= 0.6 is 0 Å². The lowest BCUT2D eigenvalue weighted by Crippen LogP contribution is -2.33. The van der Waals surface area contributed by atoms with Crippen molar-refractivity contribution in [1.82, 2.24) is 4.98 Å². The Morgan fingerprint density at radius 2 is 1.72 bits per heavy atom. The minimum Gasteiger partial charge on any atom is -0.481 e. The van der Waals surface area contributed by atoms with Gasteiger partial charge >= 0.3 is 0 Å². The van der Waals surface area contributed by atoms with Gasteiger partial charge in [0, 0.05) is 28.4 Å². The molecule has 0 radical (unpaired) electrons. The van der Waals surface area contributed by atoms with Crippen LogP contribution in [0.4, 0.5) is 11.5 Å². The number of hydrogen-bond donors (Lipinski definition) is 2. The third-order valence-electron chi connectivity index (χ3n) is 5.97. The molecular weight excluding hydrogens is 474 g/mol. The third-order valence-corrected chi connectivity index (χ3v) is 7.75. The highest BCUT2D eigenvalue weighted by Crippen LogP contribution is 2.34. The number of rotatable bonds is 9. The van der Waals surface area contributed by atoms with Gasteiger partial charge in [-0.15, -0.1) is 0 Å². The zero-order chi connectivity index (χ0) is 25.7. The van der Waals surface area contributed by atoms with Crippen LogP contribution in [0.1, 0.15) is 26.7 Å². The molecule has 0 spiro atoms. The normalized spacial score (nSPS) is 12.3. The fraction of sp³-hybridized carbons (Fsp3) is 0.214. The molecular formula is C28H29N3O4S. The van der Waals surface area contributed by atoms with E-state index in [0.717, 1.165) is 17.2 Å². The minimum atomic E-state index is -3.46. The van der Waals surface area contributed by atoms with E-state index >= 15 is 0 Å². The van der Waals surface area contributed by atoms with Crippen LogP contribution in [0.15, 0.2) is 83.9 Å². The number of nitrogens with zero attached hydrogens (tertiary/aromatic N) is 1. The Kier molecular flexibility index (Phi) is 7.55. The van der Waals surface area contributed by atoms with Gasteiger partial charge in [0.15, 0.2) is 15.9 Å². The molecule has 186 valence electrons. The number of hydrogen-bond acceptors (Lipinski definition) is 6. The maximum absolute atomic E-state index is 13.4. The molecule has 0 saturated carbocycles. The molecule has 0 aliphatic rings. The van der Waals surface area contributed by atoms with Crippen molar-refractivity contribution in [2.75, 3.05) is 16.8 Å². The topological polar surface area (TPSA) is 111 Å². The summed E-state index contributed by atoms with van der Waals surface area (Å²) in [7, 11) is -3.46. The lowest BCUT2D eigenvalue weighted by molar-refractivity contribution is -0.123. The Morgan fingerprint density at radius 3 is 2.47 bits per heavy atom. The van der Waals surface area contributed by atoms with Gasteiger partial charge in [0.25, 0.3) is 5.91 Å². The SMILES string of the molecule is CCCC(Oc1ccc2ccnc(N)c2c1)C(=O)Nc1ccccc1-c1ccccc1S(=O)(=O)CC. The molecule has 1 heterocycles. The van der Waals surface area contributed by atoms with Crippen molar-refractivity contribution < 1.29 is 17.9 Å². The lowest BCUT2D eigenvalue weighted by atomic mass is 10.0. The van der Waals surface area contributed by atoms with Gasteiger partial charge in [-0.1, -0.05) is 62.7 Å². The van der Waals surface area contributed by atoms with E-state index < -0.39 is 15.9 Å². The van der Waals surface area contributed by atoms with Crippen molar-refractivity contribution in [3.05, 3.63) is 79.0 Å². The second-order valence-corrected chi connectivity index (χ2v) is 10.7. The van der Waals surface area contributed by atoms with Crippen molar-refractivity contribution in [2.24, 2.45) is 0 Å². The molecule has 36 heavy (non-hydrogen) atoms. The molecule has 0 saturated heterocycles. The van der Waals surface area contributed by atoms with E-state index in [2.05, 4.69) is 10.3 Å². The number of nitrogens with one attached hydrogen (secondary N) is 1. The predicted octanol–water partition coefficient (Wildman–Crippen LogP) is 5.46. The minimum absolute atomic E-state index is 0.0171. The van der Waals surface area contributed by atoms with Gasteiger partial charge in [0.05, 0.1) is 10.6 Å². The first-order chi connectivity index (χ1) is 17.3. The van der Waals surface area contributed by atoms with Crippen molar-refractivity contribution in [1.29, 1.82) is 0 Å². The zero-order valence-electron chi connectivity index (χ0n) is 20.3. The largest absolute Gasteiger partial charge is 0.481 e. The number of carbonyl (C=O) groups is 1. The predicted molar refractivity (Wildman–Crippen MR) is 144 cm³/mol. The Morgan fingerprint density at radius 1 is 1.00 bits per heavy atom. The number of para-hydroxylation sites is 1. The first-order valence-electron chi connectivity index (χ1n) is 11.9. The zero-order valence-corrected chi connectivity index (χ0v) is 21.1. The number of nitrogen functional groups attached to an aromatic ring is 1. The Labute approximate surface area is 211 Å². The Hall–Kier alpha value is -3.91. The molecule has 0 fully saturated rings. The lowest BCUT2D eigenvalue weighted by Gasteiger charge is -2.20. The molecule has 1 amide bonds. The second kappa shape index (κ2) is 10.8. The number of pyridine rings is 1. The van der Waals surface area contributed by atoms with E-state index in [1.54, 1.807) is 67.7 Å². The molecule has 8 heteroatoms. The molecule has 4 rings (SSSR count). The van der Waals surface area contributed by atoms with Crippen LogP contribution in [0.5, 0.6) is 5.75 Å². The maximum Gasteiger partial charge on any atom is 0.265 e. The molecule has 3 aromatic carbocycles. The Bertz CT molecular complexity index is 1500. The van der Waals surface area contributed by atoms with Gasteiger partial charge in [0.1, 0.15) is 11.6 Å². The van der Waals surface area contributed by atoms with Crippen LogP contribution in [0.3, 0.4) is 0 Å². The van der Waals surface area contributed by atoms with E-state index in [0.29, 0.717) is 34.8 Å². The summed E-state index contributed by atoms with van der Waals surface area (Å²) in [6.07, 6.45) is 2.12. The van der Waals surface area contributed by atoms with Gasteiger partial charge in [-0.05, 0) is 42.1 Å². The summed E-state index contributed by atoms with van der Waals surface area (Å²) in [5.41, 5.74) is 7.69. The average Bonchev–Trinajstić information content (AvgIpc) is 2.89.